The number of benzene rings is 1. The summed E-state index contributed by atoms with van der Waals surface area (Å²) in [6.45, 7) is 4.58. The number of halogens is 1. The van der Waals surface area contributed by atoms with E-state index >= 15 is 0 Å². The molecule has 0 aliphatic carbocycles. The monoisotopic (exact) mass is 406 g/mol. The van der Waals surface area contributed by atoms with Crippen LogP contribution in [0.2, 0.25) is 5.02 Å². The first-order valence-corrected chi connectivity index (χ1v) is 8.92. The summed E-state index contributed by atoms with van der Waals surface area (Å²) in [5, 5.41) is 10.1. The fourth-order valence-corrected chi connectivity index (χ4v) is 2.96. The molecular formula is C19H19ClN2O6. The van der Waals surface area contributed by atoms with Crippen molar-refractivity contribution in [2.45, 2.75) is 33.5 Å². The lowest BCUT2D eigenvalue weighted by atomic mass is 9.95. The van der Waals surface area contributed by atoms with E-state index in [1.54, 1.807) is 25.3 Å². The number of carbonyl (C=O) groups is 1. The van der Waals surface area contributed by atoms with Crippen LogP contribution in [0.4, 0.5) is 0 Å². The minimum Gasteiger partial charge on any atom is -0.424 e. The molecule has 0 saturated carbocycles. The van der Waals surface area contributed by atoms with Crippen molar-refractivity contribution in [2.24, 2.45) is 5.41 Å². The topological polar surface area (TPSA) is 101 Å². The molecule has 1 aromatic heterocycles. The van der Waals surface area contributed by atoms with Gasteiger partial charge in [0.1, 0.15) is 12.7 Å². The SMILES string of the molecule is Cc1ncc2c(c1OC(=O)C(C)(C)CO[N+](=O)[O-])COC2c1ccc(Cl)cc1. The van der Waals surface area contributed by atoms with E-state index in [1.165, 1.54) is 13.8 Å². The zero-order chi connectivity index (χ0) is 20.5. The third-order valence-electron chi connectivity index (χ3n) is 4.48. The lowest BCUT2D eigenvalue weighted by Gasteiger charge is -2.22. The van der Waals surface area contributed by atoms with Gasteiger partial charge in [0.25, 0.3) is 5.09 Å². The van der Waals surface area contributed by atoms with Crippen molar-refractivity contribution < 1.29 is 24.2 Å². The minimum atomic E-state index is -1.21. The molecule has 0 spiro atoms. The highest BCUT2D eigenvalue weighted by Gasteiger charge is 2.35. The Morgan fingerprint density at radius 2 is 2.07 bits per heavy atom. The largest absolute Gasteiger partial charge is 0.424 e. The number of aryl methyl sites for hydroxylation is 1. The van der Waals surface area contributed by atoms with Crippen molar-refractivity contribution in [1.82, 2.24) is 4.98 Å². The summed E-state index contributed by atoms with van der Waals surface area (Å²) in [5.74, 6) is -0.337. The molecule has 1 aliphatic rings. The van der Waals surface area contributed by atoms with Gasteiger partial charge in [-0.3, -0.25) is 9.78 Å². The summed E-state index contributed by atoms with van der Waals surface area (Å²) >= 11 is 5.95. The Morgan fingerprint density at radius 3 is 2.71 bits per heavy atom. The number of carbonyl (C=O) groups excluding carboxylic acids is 1. The zero-order valence-electron chi connectivity index (χ0n) is 15.6. The molecule has 1 aromatic carbocycles. The molecule has 28 heavy (non-hydrogen) atoms. The summed E-state index contributed by atoms with van der Waals surface area (Å²) < 4.78 is 11.5. The van der Waals surface area contributed by atoms with Crippen molar-refractivity contribution in [3.8, 4) is 5.75 Å². The molecule has 0 fully saturated rings. The number of hydrogen-bond donors (Lipinski definition) is 0. The van der Waals surface area contributed by atoms with Crippen LogP contribution in [0.15, 0.2) is 30.5 Å². The molecule has 8 nitrogen and oxygen atoms in total. The lowest BCUT2D eigenvalue weighted by molar-refractivity contribution is -0.760. The van der Waals surface area contributed by atoms with E-state index in [4.69, 9.17) is 21.1 Å². The summed E-state index contributed by atoms with van der Waals surface area (Å²) in [7, 11) is 0. The number of pyridine rings is 1. The molecule has 0 amide bonds. The molecule has 1 atom stereocenters. The number of hydrogen-bond acceptors (Lipinski definition) is 7. The van der Waals surface area contributed by atoms with Gasteiger partial charge in [-0.15, -0.1) is 10.1 Å². The van der Waals surface area contributed by atoms with Crippen LogP contribution in [0.3, 0.4) is 0 Å². The van der Waals surface area contributed by atoms with E-state index < -0.39 is 23.1 Å². The van der Waals surface area contributed by atoms with Gasteiger partial charge in [-0.05, 0) is 38.5 Å². The van der Waals surface area contributed by atoms with Crippen molar-refractivity contribution in [3.05, 3.63) is 68.0 Å². The third kappa shape index (κ3) is 4.07. The number of nitrogens with zero attached hydrogens (tertiary/aromatic N) is 2. The summed E-state index contributed by atoms with van der Waals surface area (Å²) in [5.41, 5.74) is 1.75. The van der Waals surface area contributed by atoms with Gasteiger partial charge in [-0.25, -0.2) is 0 Å². The molecule has 9 heteroatoms. The minimum absolute atomic E-state index is 0.250. The first-order valence-electron chi connectivity index (χ1n) is 8.54. The molecule has 0 saturated heterocycles. The van der Waals surface area contributed by atoms with Crippen LogP contribution < -0.4 is 4.74 Å². The Morgan fingerprint density at radius 1 is 1.39 bits per heavy atom. The molecule has 2 heterocycles. The maximum Gasteiger partial charge on any atom is 0.318 e. The fraction of sp³-hybridized carbons (Fsp3) is 0.368. The second-order valence-electron chi connectivity index (χ2n) is 7.12. The highest BCUT2D eigenvalue weighted by atomic mass is 35.5. The van der Waals surface area contributed by atoms with Gasteiger partial charge in [0.05, 0.1) is 17.7 Å². The first-order chi connectivity index (χ1) is 13.2. The van der Waals surface area contributed by atoms with Crippen LogP contribution in [0.5, 0.6) is 5.75 Å². The number of esters is 1. The summed E-state index contributed by atoms with van der Waals surface area (Å²) in [6.07, 6.45) is 1.36. The van der Waals surface area contributed by atoms with Crippen LogP contribution in [0.1, 0.15) is 42.3 Å². The van der Waals surface area contributed by atoms with E-state index in [-0.39, 0.29) is 12.7 Å². The predicted molar refractivity (Wildman–Crippen MR) is 99.4 cm³/mol. The average molecular weight is 407 g/mol. The Bertz CT molecular complexity index is 913. The van der Waals surface area contributed by atoms with E-state index in [9.17, 15) is 14.9 Å². The van der Waals surface area contributed by atoms with Crippen molar-refractivity contribution >= 4 is 17.6 Å². The molecule has 148 valence electrons. The van der Waals surface area contributed by atoms with Crippen LogP contribution in [0, 0.1) is 22.5 Å². The Balaban J connectivity index is 1.87. The van der Waals surface area contributed by atoms with Crippen molar-refractivity contribution in [3.63, 3.8) is 0 Å². The van der Waals surface area contributed by atoms with E-state index in [2.05, 4.69) is 9.82 Å². The highest BCUT2D eigenvalue weighted by Crippen LogP contribution is 2.41. The predicted octanol–water partition coefficient (Wildman–Crippen LogP) is 3.80. The normalized spacial score (nSPS) is 15.8. The smallest absolute Gasteiger partial charge is 0.318 e. The van der Waals surface area contributed by atoms with Gasteiger partial charge >= 0.3 is 5.97 Å². The molecule has 2 aromatic rings. The molecule has 0 bridgehead atoms. The lowest BCUT2D eigenvalue weighted by Crippen LogP contribution is -2.34. The molecule has 3 rings (SSSR count). The quantitative estimate of drug-likeness (QED) is 0.408. The molecule has 1 unspecified atom stereocenters. The second-order valence-corrected chi connectivity index (χ2v) is 7.56. The maximum absolute atomic E-state index is 12.6. The van der Waals surface area contributed by atoms with Crippen LogP contribution in [-0.2, 0) is 21.0 Å². The second kappa shape index (κ2) is 7.73. The average Bonchev–Trinajstić information content (AvgIpc) is 3.07. The van der Waals surface area contributed by atoms with Gasteiger partial charge in [0.15, 0.2) is 5.75 Å². The number of rotatable bonds is 6. The Kier molecular flexibility index (Phi) is 5.53. The van der Waals surface area contributed by atoms with E-state index in [1.807, 2.05) is 12.1 Å². The van der Waals surface area contributed by atoms with Gasteiger partial charge in [-0.2, -0.15) is 0 Å². The number of aromatic nitrogens is 1. The molecule has 1 aliphatic heterocycles. The van der Waals surface area contributed by atoms with Gasteiger partial charge < -0.3 is 14.3 Å². The molecule has 0 radical (unpaired) electrons. The number of ether oxygens (including phenoxy) is 2. The van der Waals surface area contributed by atoms with Crippen LogP contribution in [0.25, 0.3) is 0 Å². The van der Waals surface area contributed by atoms with Crippen LogP contribution in [-0.4, -0.2) is 22.6 Å². The fourth-order valence-electron chi connectivity index (χ4n) is 2.84. The van der Waals surface area contributed by atoms with E-state index in [0.717, 1.165) is 16.7 Å². The van der Waals surface area contributed by atoms with Gasteiger partial charge in [-0.1, -0.05) is 23.7 Å². The van der Waals surface area contributed by atoms with Gasteiger partial charge in [0.2, 0.25) is 0 Å². The summed E-state index contributed by atoms with van der Waals surface area (Å²) in [6, 6.07) is 7.29. The van der Waals surface area contributed by atoms with Crippen molar-refractivity contribution in [1.29, 1.82) is 0 Å². The third-order valence-corrected chi connectivity index (χ3v) is 4.73. The highest BCUT2D eigenvalue weighted by molar-refractivity contribution is 6.30. The molecular weight excluding hydrogens is 388 g/mol. The zero-order valence-corrected chi connectivity index (χ0v) is 16.4. The standard InChI is InChI=1S/C19H19ClN2O6/c1-11-16(28-18(23)19(2,3)10-27-22(24)25)15-9-26-17(14(15)8-21-11)12-4-6-13(20)7-5-12/h4-8,17H,9-10H2,1-3H3. The Labute approximate surface area is 166 Å². The maximum atomic E-state index is 12.6. The number of fused-ring (bicyclic) bond motifs is 1. The van der Waals surface area contributed by atoms with Gasteiger partial charge in [0, 0.05) is 22.3 Å². The molecule has 0 N–H and O–H groups in total. The van der Waals surface area contributed by atoms with E-state index in [0.29, 0.717) is 16.5 Å². The van der Waals surface area contributed by atoms with Crippen LogP contribution >= 0.6 is 11.6 Å². The Hall–Kier alpha value is -2.71. The first kappa shape index (κ1) is 20.0. The summed E-state index contributed by atoms with van der Waals surface area (Å²) in [4.78, 5) is 31.7. The van der Waals surface area contributed by atoms with Crippen molar-refractivity contribution in [2.75, 3.05) is 6.61 Å².